The summed E-state index contributed by atoms with van der Waals surface area (Å²) in [6.45, 7) is 0. The van der Waals surface area contributed by atoms with Gasteiger partial charge in [0.05, 0.1) is 5.92 Å². The zero-order chi connectivity index (χ0) is 13.2. The molecule has 1 aromatic carbocycles. The van der Waals surface area contributed by atoms with Crippen molar-refractivity contribution in [2.24, 2.45) is 5.73 Å². The third kappa shape index (κ3) is 2.66. The van der Waals surface area contributed by atoms with E-state index in [-0.39, 0.29) is 17.8 Å². The summed E-state index contributed by atoms with van der Waals surface area (Å²) in [7, 11) is 0. The van der Waals surface area contributed by atoms with E-state index in [0.717, 1.165) is 24.8 Å². The summed E-state index contributed by atoms with van der Waals surface area (Å²) in [5, 5.41) is 3.98. The Balaban J connectivity index is 1.72. The molecule has 19 heavy (non-hydrogen) atoms. The summed E-state index contributed by atoms with van der Waals surface area (Å²) in [5.41, 5.74) is 6.98. The molecule has 1 aromatic heterocycles. The van der Waals surface area contributed by atoms with Crippen LogP contribution in [-0.4, -0.2) is 16.2 Å². The lowest BCUT2D eigenvalue weighted by molar-refractivity contribution is 0.342. The SMILES string of the molecule is NC1CCCC1c1nc(Cc2ccc(F)cc2)no1. The first-order chi connectivity index (χ1) is 9.22. The molecule has 0 saturated heterocycles. The molecule has 0 radical (unpaired) electrons. The van der Waals surface area contributed by atoms with Gasteiger partial charge in [-0.1, -0.05) is 23.7 Å². The highest BCUT2D eigenvalue weighted by molar-refractivity contribution is 5.19. The van der Waals surface area contributed by atoms with Gasteiger partial charge in [0, 0.05) is 12.5 Å². The van der Waals surface area contributed by atoms with Gasteiger partial charge < -0.3 is 10.3 Å². The number of hydrogen-bond acceptors (Lipinski definition) is 4. The normalized spacial score (nSPS) is 22.8. The highest BCUT2D eigenvalue weighted by Crippen LogP contribution is 2.32. The summed E-state index contributed by atoms with van der Waals surface area (Å²) in [5.74, 6) is 1.21. The predicted molar refractivity (Wildman–Crippen MR) is 68.1 cm³/mol. The fourth-order valence-electron chi connectivity index (χ4n) is 2.57. The molecule has 0 spiro atoms. The first-order valence-corrected chi connectivity index (χ1v) is 6.55. The maximum atomic E-state index is 12.8. The molecule has 100 valence electrons. The van der Waals surface area contributed by atoms with Gasteiger partial charge in [-0.15, -0.1) is 0 Å². The van der Waals surface area contributed by atoms with Crippen molar-refractivity contribution in [3.8, 4) is 0 Å². The maximum absolute atomic E-state index is 12.8. The standard InChI is InChI=1S/C14H16FN3O/c15-10-6-4-9(5-7-10)8-13-17-14(19-18-13)11-2-1-3-12(11)16/h4-7,11-12H,1-3,8,16H2. The van der Waals surface area contributed by atoms with Crippen molar-refractivity contribution < 1.29 is 8.91 Å². The average molecular weight is 261 g/mol. The number of benzene rings is 1. The summed E-state index contributed by atoms with van der Waals surface area (Å²) in [4.78, 5) is 4.41. The minimum absolute atomic E-state index is 0.124. The van der Waals surface area contributed by atoms with E-state index in [1.807, 2.05) is 0 Å². The molecule has 1 aliphatic carbocycles. The molecule has 1 heterocycles. The Morgan fingerprint density at radius 2 is 2.05 bits per heavy atom. The first kappa shape index (κ1) is 12.3. The van der Waals surface area contributed by atoms with Crippen molar-refractivity contribution in [1.82, 2.24) is 10.1 Å². The Kier molecular flexibility index (Phi) is 3.29. The van der Waals surface area contributed by atoms with Gasteiger partial charge in [-0.25, -0.2) is 4.39 Å². The smallest absolute Gasteiger partial charge is 0.231 e. The van der Waals surface area contributed by atoms with Crippen LogP contribution in [0, 0.1) is 5.82 Å². The summed E-state index contributed by atoms with van der Waals surface area (Å²) in [6, 6.07) is 6.45. The number of nitrogens with two attached hydrogens (primary N) is 1. The number of nitrogens with zero attached hydrogens (tertiary/aromatic N) is 2. The van der Waals surface area contributed by atoms with Crippen molar-refractivity contribution in [3.05, 3.63) is 47.4 Å². The third-order valence-electron chi connectivity index (χ3n) is 3.65. The first-order valence-electron chi connectivity index (χ1n) is 6.55. The van der Waals surface area contributed by atoms with Gasteiger partial charge in [-0.2, -0.15) is 4.98 Å². The summed E-state index contributed by atoms with van der Waals surface area (Å²) < 4.78 is 18.1. The van der Waals surface area contributed by atoms with E-state index in [1.165, 1.54) is 12.1 Å². The monoisotopic (exact) mass is 261 g/mol. The van der Waals surface area contributed by atoms with Gasteiger partial charge in [0.15, 0.2) is 5.82 Å². The van der Waals surface area contributed by atoms with Crippen molar-refractivity contribution in [1.29, 1.82) is 0 Å². The van der Waals surface area contributed by atoms with Crippen LogP contribution in [0.5, 0.6) is 0 Å². The molecule has 0 bridgehead atoms. The maximum Gasteiger partial charge on any atom is 0.231 e. The van der Waals surface area contributed by atoms with Crippen LogP contribution in [0.25, 0.3) is 0 Å². The van der Waals surface area contributed by atoms with Crippen LogP contribution in [-0.2, 0) is 6.42 Å². The molecular formula is C14H16FN3O. The van der Waals surface area contributed by atoms with E-state index < -0.39 is 0 Å². The molecule has 0 aliphatic heterocycles. The van der Waals surface area contributed by atoms with Crippen LogP contribution in [0.15, 0.2) is 28.8 Å². The lowest BCUT2D eigenvalue weighted by atomic mass is 10.1. The fraction of sp³-hybridized carbons (Fsp3) is 0.429. The number of rotatable bonds is 3. The van der Waals surface area contributed by atoms with Crippen LogP contribution >= 0.6 is 0 Å². The zero-order valence-electron chi connectivity index (χ0n) is 10.6. The van der Waals surface area contributed by atoms with Crippen LogP contribution in [0.2, 0.25) is 0 Å². The topological polar surface area (TPSA) is 64.9 Å². The Morgan fingerprint density at radius 1 is 1.26 bits per heavy atom. The molecule has 2 aromatic rings. The molecule has 1 fully saturated rings. The van der Waals surface area contributed by atoms with Crippen molar-refractivity contribution >= 4 is 0 Å². The number of hydrogen-bond donors (Lipinski definition) is 1. The minimum atomic E-state index is -0.241. The Labute approximate surface area is 110 Å². The molecule has 1 aliphatic rings. The van der Waals surface area contributed by atoms with Crippen LogP contribution < -0.4 is 5.73 Å². The lowest BCUT2D eigenvalue weighted by Gasteiger charge is -2.08. The molecule has 5 heteroatoms. The van der Waals surface area contributed by atoms with E-state index in [9.17, 15) is 4.39 Å². The summed E-state index contributed by atoms with van der Waals surface area (Å²) >= 11 is 0. The predicted octanol–water partition coefficient (Wildman–Crippen LogP) is 2.39. The highest BCUT2D eigenvalue weighted by atomic mass is 19.1. The van der Waals surface area contributed by atoms with E-state index in [2.05, 4.69) is 10.1 Å². The van der Waals surface area contributed by atoms with E-state index in [0.29, 0.717) is 18.1 Å². The quantitative estimate of drug-likeness (QED) is 0.921. The van der Waals surface area contributed by atoms with Gasteiger partial charge in [0.1, 0.15) is 5.82 Å². The molecule has 2 atom stereocenters. The van der Waals surface area contributed by atoms with Crippen LogP contribution in [0.3, 0.4) is 0 Å². The molecule has 1 saturated carbocycles. The van der Waals surface area contributed by atoms with Gasteiger partial charge in [0.2, 0.25) is 5.89 Å². The van der Waals surface area contributed by atoms with E-state index in [4.69, 9.17) is 10.3 Å². The third-order valence-corrected chi connectivity index (χ3v) is 3.65. The zero-order valence-corrected chi connectivity index (χ0v) is 10.6. The molecule has 2 unspecified atom stereocenters. The summed E-state index contributed by atoms with van der Waals surface area (Å²) in [6.07, 6.45) is 3.69. The second-order valence-corrected chi connectivity index (χ2v) is 5.05. The highest BCUT2D eigenvalue weighted by Gasteiger charge is 2.30. The van der Waals surface area contributed by atoms with Crippen molar-refractivity contribution in [2.75, 3.05) is 0 Å². The Hall–Kier alpha value is -1.75. The minimum Gasteiger partial charge on any atom is -0.339 e. The van der Waals surface area contributed by atoms with E-state index >= 15 is 0 Å². The van der Waals surface area contributed by atoms with Gasteiger partial charge >= 0.3 is 0 Å². The number of aromatic nitrogens is 2. The molecule has 0 amide bonds. The molecule has 2 N–H and O–H groups in total. The Bertz CT molecular complexity index is 552. The molecule has 4 nitrogen and oxygen atoms in total. The Morgan fingerprint density at radius 3 is 2.74 bits per heavy atom. The second-order valence-electron chi connectivity index (χ2n) is 5.05. The molecular weight excluding hydrogens is 245 g/mol. The van der Waals surface area contributed by atoms with Gasteiger partial charge in [-0.3, -0.25) is 0 Å². The lowest BCUT2D eigenvalue weighted by Crippen LogP contribution is -2.22. The molecule has 3 rings (SSSR count). The number of halogens is 1. The van der Waals surface area contributed by atoms with Crippen molar-refractivity contribution in [3.63, 3.8) is 0 Å². The van der Waals surface area contributed by atoms with Crippen LogP contribution in [0.4, 0.5) is 4.39 Å². The average Bonchev–Trinajstić information content (AvgIpc) is 3.01. The fourth-order valence-corrected chi connectivity index (χ4v) is 2.57. The largest absolute Gasteiger partial charge is 0.339 e. The van der Waals surface area contributed by atoms with E-state index in [1.54, 1.807) is 12.1 Å². The van der Waals surface area contributed by atoms with Crippen LogP contribution in [0.1, 0.15) is 42.5 Å². The second kappa shape index (κ2) is 5.09. The van der Waals surface area contributed by atoms with Gasteiger partial charge in [-0.05, 0) is 30.5 Å². The van der Waals surface area contributed by atoms with Gasteiger partial charge in [0.25, 0.3) is 0 Å². The van der Waals surface area contributed by atoms with Crippen molar-refractivity contribution in [2.45, 2.75) is 37.6 Å².